The minimum absolute atomic E-state index is 0.0346. The number of carbonyl (C=O) groups excluding carboxylic acids is 2. The lowest BCUT2D eigenvalue weighted by Gasteiger charge is -2.53. The second kappa shape index (κ2) is 9.93. The quantitative estimate of drug-likeness (QED) is 0.606. The van der Waals surface area contributed by atoms with Gasteiger partial charge in [-0.1, -0.05) is 74.0 Å². The Labute approximate surface area is 204 Å². The van der Waals surface area contributed by atoms with E-state index >= 15 is 0 Å². The van der Waals surface area contributed by atoms with Gasteiger partial charge in [-0.2, -0.15) is 0 Å². The van der Waals surface area contributed by atoms with Crippen LogP contribution in [0.5, 0.6) is 0 Å². The average molecular weight is 459 g/mol. The second-order valence-corrected chi connectivity index (χ2v) is 10.6. The summed E-state index contributed by atoms with van der Waals surface area (Å²) in [6.07, 6.45) is 9.27. The maximum absolute atomic E-state index is 13.9. The Kier molecular flexibility index (Phi) is 6.76. The number of nitrogens with zero attached hydrogens (tertiary/aromatic N) is 1. The Hall–Kier alpha value is -2.62. The first-order valence-electron chi connectivity index (χ1n) is 13.3. The van der Waals surface area contributed by atoms with Crippen LogP contribution >= 0.6 is 0 Å². The molecule has 3 fully saturated rings. The monoisotopic (exact) mass is 458 g/mol. The molecule has 4 atom stereocenters. The lowest BCUT2D eigenvalue weighted by molar-refractivity contribution is -0.139. The molecule has 3 aliphatic rings. The molecule has 2 aromatic rings. The van der Waals surface area contributed by atoms with E-state index in [9.17, 15) is 9.59 Å². The predicted octanol–water partition coefficient (Wildman–Crippen LogP) is 5.67. The highest BCUT2D eigenvalue weighted by atomic mass is 16.2. The summed E-state index contributed by atoms with van der Waals surface area (Å²) in [5, 5.41) is 3.55. The van der Waals surface area contributed by atoms with E-state index in [-0.39, 0.29) is 23.4 Å². The molecule has 0 aromatic heterocycles. The maximum Gasteiger partial charge on any atom is 0.232 e. The van der Waals surface area contributed by atoms with Gasteiger partial charge in [-0.25, -0.2) is 0 Å². The first-order valence-corrected chi connectivity index (χ1v) is 13.3. The highest BCUT2D eigenvalue weighted by Crippen LogP contribution is 2.52. The van der Waals surface area contributed by atoms with Crippen LogP contribution in [0.1, 0.15) is 81.8 Å². The first kappa shape index (κ1) is 23.1. The summed E-state index contributed by atoms with van der Waals surface area (Å²) in [7, 11) is 0. The molecule has 2 amide bonds. The molecule has 2 saturated heterocycles. The molecule has 180 valence electrons. The van der Waals surface area contributed by atoms with Crippen molar-refractivity contribution in [3.05, 3.63) is 71.8 Å². The zero-order valence-electron chi connectivity index (χ0n) is 20.4. The van der Waals surface area contributed by atoms with Gasteiger partial charge in [0.05, 0.1) is 5.92 Å². The van der Waals surface area contributed by atoms with Crippen LogP contribution in [-0.4, -0.2) is 34.8 Å². The third-order valence-corrected chi connectivity index (χ3v) is 8.83. The van der Waals surface area contributed by atoms with Gasteiger partial charge in [-0.05, 0) is 67.9 Å². The van der Waals surface area contributed by atoms with Gasteiger partial charge < -0.3 is 10.2 Å². The predicted molar refractivity (Wildman–Crippen MR) is 135 cm³/mol. The zero-order valence-corrected chi connectivity index (χ0v) is 20.4. The molecule has 1 spiro atoms. The van der Waals surface area contributed by atoms with Crippen molar-refractivity contribution < 1.29 is 9.59 Å². The van der Waals surface area contributed by atoms with Crippen LogP contribution in [0.3, 0.4) is 0 Å². The molecule has 4 nitrogen and oxygen atoms in total. The molecule has 4 heteroatoms. The largest absolute Gasteiger partial charge is 0.352 e. The van der Waals surface area contributed by atoms with E-state index in [0.717, 1.165) is 69.0 Å². The molecule has 34 heavy (non-hydrogen) atoms. The Balaban J connectivity index is 1.43. The molecular formula is C30H38N2O2. The number of carbonyl (C=O) groups is 2. The van der Waals surface area contributed by atoms with Crippen molar-refractivity contribution >= 4 is 11.8 Å². The third kappa shape index (κ3) is 4.16. The summed E-state index contributed by atoms with van der Waals surface area (Å²) >= 11 is 0. The smallest absolute Gasteiger partial charge is 0.232 e. The topological polar surface area (TPSA) is 49.4 Å². The molecule has 2 aromatic carbocycles. The van der Waals surface area contributed by atoms with Crippen molar-refractivity contribution in [3.63, 3.8) is 0 Å². The van der Waals surface area contributed by atoms with Gasteiger partial charge in [0.15, 0.2) is 0 Å². The Morgan fingerprint density at radius 2 is 1.68 bits per heavy atom. The summed E-state index contributed by atoms with van der Waals surface area (Å²) in [5.41, 5.74) is 2.10. The Morgan fingerprint density at radius 3 is 2.32 bits per heavy atom. The molecule has 1 saturated carbocycles. The molecule has 2 heterocycles. The minimum Gasteiger partial charge on any atom is -0.352 e. The van der Waals surface area contributed by atoms with Crippen molar-refractivity contribution in [1.29, 1.82) is 0 Å². The average Bonchev–Trinajstić information content (AvgIpc) is 3.23. The number of hydrogen-bond donors (Lipinski definition) is 1. The van der Waals surface area contributed by atoms with E-state index in [1.165, 1.54) is 0 Å². The standard InChI is InChI=1S/C30H38N2O2/c1-2-11-24-25-16-9-17-27(33)32-21-10-19-30(25,32)20-18-26(24)31-29(34)28(22-12-5-3-6-13-22)23-14-7-4-8-15-23/h3-8,12-15,24-26,28H,2,9-11,16-21H2,1H3,(H,31,34)/t24-,25+,26+,30-/m1/s1. The van der Waals surface area contributed by atoms with Crippen LogP contribution in [0.2, 0.25) is 0 Å². The number of amides is 2. The van der Waals surface area contributed by atoms with E-state index in [4.69, 9.17) is 0 Å². The normalized spacial score (nSPS) is 28.8. The molecule has 1 N–H and O–H groups in total. The third-order valence-electron chi connectivity index (χ3n) is 8.83. The zero-order chi connectivity index (χ0) is 23.5. The van der Waals surface area contributed by atoms with Crippen LogP contribution in [0, 0.1) is 11.8 Å². The van der Waals surface area contributed by atoms with Crippen molar-refractivity contribution in [2.24, 2.45) is 11.8 Å². The second-order valence-electron chi connectivity index (χ2n) is 10.6. The fourth-order valence-corrected chi connectivity index (χ4v) is 7.46. The lowest BCUT2D eigenvalue weighted by Crippen LogP contribution is -2.60. The van der Waals surface area contributed by atoms with Gasteiger partial charge in [-0.3, -0.25) is 9.59 Å². The SMILES string of the molecule is CCC[C@H]1[C@@H](NC(=O)C(c2ccccc2)c2ccccc2)CC[C@@]23CCCN2C(=O)CCC[C@@H]13. The fourth-order valence-electron chi connectivity index (χ4n) is 7.46. The first-order chi connectivity index (χ1) is 16.6. The Morgan fingerprint density at radius 1 is 1.00 bits per heavy atom. The molecule has 2 aliphatic heterocycles. The van der Waals surface area contributed by atoms with E-state index in [2.05, 4.69) is 41.4 Å². The minimum atomic E-state index is -0.306. The summed E-state index contributed by atoms with van der Waals surface area (Å²) in [5.74, 6) is 1.09. The van der Waals surface area contributed by atoms with Gasteiger partial charge in [0.2, 0.25) is 11.8 Å². The van der Waals surface area contributed by atoms with Gasteiger partial charge in [0, 0.05) is 24.5 Å². The summed E-state index contributed by atoms with van der Waals surface area (Å²) < 4.78 is 0. The van der Waals surface area contributed by atoms with Crippen LogP contribution in [0.25, 0.3) is 0 Å². The van der Waals surface area contributed by atoms with Gasteiger partial charge in [-0.15, -0.1) is 0 Å². The molecule has 5 rings (SSSR count). The Bertz CT molecular complexity index is 952. The molecular weight excluding hydrogens is 420 g/mol. The highest BCUT2D eigenvalue weighted by Gasteiger charge is 2.56. The summed E-state index contributed by atoms with van der Waals surface area (Å²) in [4.78, 5) is 29.1. The van der Waals surface area contributed by atoms with E-state index in [1.807, 2.05) is 36.4 Å². The van der Waals surface area contributed by atoms with E-state index < -0.39 is 0 Å². The van der Waals surface area contributed by atoms with Crippen LogP contribution in [0.4, 0.5) is 0 Å². The van der Waals surface area contributed by atoms with Gasteiger partial charge in [0.1, 0.15) is 0 Å². The maximum atomic E-state index is 13.9. The molecule has 0 radical (unpaired) electrons. The van der Waals surface area contributed by atoms with Crippen LogP contribution < -0.4 is 5.32 Å². The lowest BCUT2D eigenvalue weighted by atomic mass is 9.61. The van der Waals surface area contributed by atoms with Crippen LogP contribution in [0.15, 0.2) is 60.7 Å². The fraction of sp³-hybridized carbons (Fsp3) is 0.533. The number of benzene rings is 2. The molecule has 0 unspecified atom stereocenters. The van der Waals surface area contributed by atoms with Crippen molar-refractivity contribution in [2.75, 3.05) is 6.54 Å². The highest BCUT2D eigenvalue weighted by molar-refractivity contribution is 5.87. The van der Waals surface area contributed by atoms with Crippen molar-refractivity contribution in [3.8, 4) is 0 Å². The molecule has 1 aliphatic carbocycles. The van der Waals surface area contributed by atoms with Gasteiger partial charge >= 0.3 is 0 Å². The van der Waals surface area contributed by atoms with E-state index in [0.29, 0.717) is 24.2 Å². The number of nitrogens with one attached hydrogen (secondary N) is 1. The summed E-state index contributed by atoms with van der Waals surface area (Å²) in [6, 6.07) is 20.5. The molecule has 0 bridgehead atoms. The number of hydrogen-bond acceptors (Lipinski definition) is 2. The van der Waals surface area contributed by atoms with Crippen molar-refractivity contribution in [1.82, 2.24) is 10.2 Å². The summed E-state index contributed by atoms with van der Waals surface area (Å²) in [6.45, 7) is 3.18. The van der Waals surface area contributed by atoms with Crippen LogP contribution in [-0.2, 0) is 9.59 Å². The number of rotatable bonds is 6. The van der Waals surface area contributed by atoms with E-state index in [1.54, 1.807) is 0 Å². The van der Waals surface area contributed by atoms with Gasteiger partial charge in [0.25, 0.3) is 0 Å². The van der Waals surface area contributed by atoms with Crippen molar-refractivity contribution in [2.45, 2.75) is 82.2 Å².